The molecule has 5 nitrogen and oxygen atoms in total. The van der Waals surface area contributed by atoms with Gasteiger partial charge >= 0.3 is 0 Å². The number of anilines is 1. The predicted octanol–water partition coefficient (Wildman–Crippen LogP) is 2.75. The van der Waals surface area contributed by atoms with Crippen molar-refractivity contribution in [1.29, 1.82) is 0 Å². The van der Waals surface area contributed by atoms with Crippen LogP contribution in [0.2, 0.25) is 0 Å². The van der Waals surface area contributed by atoms with E-state index in [1.165, 1.54) is 0 Å². The number of nitrogens with two attached hydrogens (primary N) is 1. The molecule has 3 rings (SSSR count). The van der Waals surface area contributed by atoms with Crippen molar-refractivity contribution in [3.05, 3.63) is 54.4 Å². The maximum Gasteiger partial charge on any atom is 0.144 e. The van der Waals surface area contributed by atoms with Crippen molar-refractivity contribution in [2.24, 2.45) is 10.8 Å². The lowest BCUT2D eigenvalue weighted by Gasteiger charge is -2.25. The molecule has 0 aliphatic carbocycles. The number of hydrazone groups is 1. The standard InChI is InChI=1S/C17H20N4O/c1-22-17-7-3-2-6-15(17)21-16(11-14(20-21)8-9-18)13-5-4-10-19-12-13/h2-7,10,12,16H,8-9,11,18H2,1H3. The minimum atomic E-state index is 0.131. The maximum atomic E-state index is 5.70. The van der Waals surface area contributed by atoms with Crippen LogP contribution in [0.5, 0.6) is 5.75 Å². The topological polar surface area (TPSA) is 63.7 Å². The zero-order valence-electron chi connectivity index (χ0n) is 12.6. The van der Waals surface area contributed by atoms with Crippen LogP contribution in [0.15, 0.2) is 53.9 Å². The second-order valence-corrected chi connectivity index (χ2v) is 5.23. The first-order chi connectivity index (χ1) is 10.8. The number of hydrogen-bond donors (Lipinski definition) is 1. The van der Waals surface area contributed by atoms with Crippen molar-refractivity contribution >= 4 is 11.4 Å². The summed E-state index contributed by atoms with van der Waals surface area (Å²) in [4.78, 5) is 4.24. The van der Waals surface area contributed by atoms with Gasteiger partial charge in [-0.05, 0) is 36.7 Å². The Hall–Kier alpha value is -2.40. The molecule has 1 aromatic carbocycles. The molecular weight excluding hydrogens is 276 g/mol. The summed E-state index contributed by atoms with van der Waals surface area (Å²) in [5.41, 5.74) is 8.92. The van der Waals surface area contributed by atoms with Crippen LogP contribution in [0.25, 0.3) is 0 Å². The van der Waals surface area contributed by atoms with Gasteiger partial charge in [0.05, 0.1) is 13.2 Å². The zero-order chi connectivity index (χ0) is 15.4. The van der Waals surface area contributed by atoms with Crippen LogP contribution in [-0.2, 0) is 0 Å². The van der Waals surface area contributed by atoms with Crippen molar-refractivity contribution in [2.45, 2.75) is 18.9 Å². The van der Waals surface area contributed by atoms with Gasteiger partial charge in [0.25, 0.3) is 0 Å². The minimum absolute atomic E-state index is 0.131. The Balaban J connectivity index is 2.00. The van der Waals surface area contributed by atoms with Crippen molar-refractivity contribution < 1.29 is 4.74 Å². The van der Waals surface area contributed by atoms with Crippen LogP contribution >= 0.6 is 0 Å². The minimum Gasteiger partial charge on any atom is -0.495 e. The number of aromatic nitrogens is 1. The fourth-order valence-electron chi connectivity index (χ4n) is 2.76. The predicted molar refractivity (Wildman–Crippen MR) is 88.2 cm³/mol. The number of rotatable bonds is 5. The summed E-state index contributed by atoms with van der Waals surface area (Å²) < 4.78 is 5.49. The molecule has 2 heterocycles. The first kappa shape index (κ1) is 14.5. The second kappa shape index (κ2) is 6.58. The van der Waals surface area contributed by atoms with Gasteiger partial charge in [-0.2, -0.15) is 5.10 Å². The third-order valence-electron chi connectivity index (χ3n) is 3.81. The molecule has 0 saturated heterocycles. The molecule has 0 radical (unpaired) electrons. The Kier molecular flexibility index (Phi) is 4.34. The summed E-state index contributed by atoms with van der Waals surface area (Å²) in [5.74, 6) is 0.814. The second-order valence-electron chi connectivity index (χ2n) is 5.23. The van der Waals surface area contributed by atoms with Crippen LogP contribution in [-0.4, -0.2) is 24.4 Å². The van der Waals surface area contributed by atoms with Crippen LogP contribution in [0.4, 0.5) is 5.69 Å². The van der Waals surface area contributed by atoms with Gasteiger partial charge in [-0.15, -0.1) is 0 Å². The Morgan fingerprint density at radius 3 is 2.86 bits per heavy atom. The van der Waals surface area contributed by atoms with Crippen LogP contribution in [0.1, 0.15) is 24.4 Å². The summed E-state index contributed by atoms with van der Waals surface area (Å²) >= 11 is 0. The zero-order valence-corrected chi connectivity index (χ0v) is 12.6. The van der Waals surface area contributed by atoms with Gasteiger partial charge in [0.2, 0.25) is 0 Å². The molecule has 1 aliphatic rings. The number of hydrogen-bond acceptors (Lipinski definition) is 5. The quantitative estimate of drug-likeness (QED) is 0.921. The molecule has 5 heteroatoms. The van der Waals surface area contributed by atoms with Gasteiger partial charge in [0.1, 0.15) is 11.4 Å². The molecular formula is C17H20N4O. The average molecular weight is 296 g/mol. The highest BCUT2D eigenvalue weighted by molar-refractivity contribution is 5.89. The molecule has 0 saturated carbocycles. The van der Waals surface area contributed by atoms with Gasteiger partial charge < -0.3 is 10.5 Å². The molecule has 0 amide bonds. The molecule has 2 N–H and O–H groups in total. The number of benzene rings is 1. The number of pyridine rings is 1. The summed E-state index contributed by atoms with van der Waals surface area (Å²) in [6, 6.07) is 12.1. The van der Waals surface area contributed by atoms with E-state index < -0.39 is 0 Å². The summed E-state index contributed by atoms with van der Waals surface area (Å²) in [5, 5.41) is 6.81. The van der Waals surface area contributed by atoms with E-state index in [1.54, 1.807) is 13.3 Å². The van der Waals surface area contributed by atoms with E-state index in [0.717, 1.165) is 35.6 Å². The van der Waals surface area contributed by atoms with Crippen molar-refractivity contribution in [3.8, 4) is 5.75 Å². The number of methoxy groups -OCH3 is 1. The highest BCUT2D eigenvalue weighted by Gasteiger charge is 2.30. The highest BCUT2D eigenvalue weighted by atomic mass is 16.5. The van der Waals surface area contributed by atoms with E-state index in [0.29, 0.717) is 6.54 Å². The summed E-state index contributed by atoms with van der Waals surface area (Å²) in [6.45, 7) is 0.609. The SMILES string of the molecule is COc1ccccc1N1N=C(CCN)CC1c1cccnc1. The fourth-order valence-corrected chi connectivity index (χ4v) is 2.76. The molecule has 0 bridgehead atoms. The van der Waals surface area contributed by atoms with Crippen LogP contribution in [0.3, 0.4) is 0 Å². The normalized spacial score (nSPS) is 17.5. The smallest absolute Gasteiger partial charge is 0.144 e. The third kappa shape index (κ3) is 2.80. The first-order valence-electron chi connectivity index (χ1n) is 7.42. The molecule has 1 unspecified atom stereocenters. The van der Waals surface area contributed by atoms with E-state index >= 15 is 0 Å². The van der Waals surface area contributed by atoms with Crippen LogP contribution in [0, 0.1) is 0 Å². The van der Waals surface area contributed by atoms with E-state index in [1.807, 2.05) is 41.5 Å². The van der Waals surface area contributed by atoms with E-state index in [-0.39, 0.29) is 6.04 Å². The van der Waals surface area contributed by atoms with Gasteiger partial charge in [-0.25, -0.2) is 0 Å². The van der Waals surface area contributed by atoms with Crippen molar-refractivity contribution in [3.63, 3.8) is 0 Å². The lowest BCUT2D eigenvalue weighted by Crippen LogP contribution is -2.19. The van der Waals surface area contributed by atoms with Gasteiger partial charge in [0.15, 0.2) is 0 Å². The molecule has 2 aromatic rings. The molecule has 114 valence electrons. The number of nitrogens with zero attached hydrogens (tertiary/aromatic N) is 3. The van der Waals surface area contributed by atoms with Crippen LogP contribution < -0.4 is 15.5 Å². The van der Waals surface area contributed by atoms with Gasteiger partial charge in [-0.3, -0.25) is 9.99 Å². The fraction of sp³-hybridized carbons (Fsp3) is 0.294. The van der Waals surface area contributed by atoms with Crippen molar-refractivity contribution in [1.82, 2.24) is 4.98 Å². The van der Waals surface area contributed by atoms with Crippen molar-refractivity contribution in [2.75, 3.05) is 18.7 Å². The molecule has 1 atom stereocenters. The first-order valence-corrected chi connectivity index (χ1v) is 7.42. The highest BCUT2D eigenvalue weighted by Crippen LogP contribution is 2.39. The van der Waals surface area contributed by atoms with E-state index in [2.05, 4.69) is 11.1 Å². The molecule has 1 aliphatic heterocycles. The Labute approximate surface area is 130 Å². The Bertz CT molecular complexity index is 657. The monoisotopic (exact) mass is 296 g/mol. The molecule has 0 spiro atoms. The van der Waals surface area contributed by atoms with Gasteiger partial charge in [0, 0.05) is 24.5 Å². The largest absolute Gasteiger partial charge is 0.495 e. The maximum absolute atomic E-state index is 5.70. The summed E-state index contributed by atoms with van der Waals surface area (Å²) in [6.07, 6.45) is 5.35. The lowest BCUT2D eigenvalue weighted by molar-refractivity contribution is 0.413. The number of ether oxygens (including phenoxy) is 1. The molecule has 0 fully saturated rings. The molecule has 22 heavy (non-hydrogen) atoms. The average Bonchev–Trinajstić information content (AvgIpc) is 3.00. The number of para-hydroxylation sites is 2. The Morgan fingerprint density at radius 1 is 1.27 bits per heavy atom. The molecule has 1 aromatic heterocycles. The Morgan fingerprint density at radius 2 is 2.14 bits per heavy atom. The lowest BCUT2D eigenvalue weighted by atomic mass is 10.0. The van der Waals surface area contributed by atoms with Gasteiger partial charge in [-0.1, -0.05) is 18.2 Å². The summed E-state index contributed by atoms with van der Waals surface area (Å²) in [7, 11) is 1.68. The third-order valence-corrected chi connectivity index (χ3v) is 3.81. The van der Waals surface area contributed by atoms with E-state index in [9.17, 15) is 0 Å². The van der Waals surface area contributed by atoms with E-state index in [4.69, 9.17) is 15.6 Å².